The lowest BCUT2D eigenvalue weighted by molar-refractivity contribution is 0.0256. The monoisotopic (exact) mass is 430 g/mol. The van der Waals surface area contributed by atoms with E-state index in [0.29, 0.717) is 17.9 Å². The number of fused-ring (bicyclic) bond motifs is 2. The summed E-state index contributed by atoms with van der Waals surface area (Å²) in [5, 5.41) is 3.01. The van der Waals surface area contributed by atoms with Gasteiger partial charge >= 0.3 is 0 Å². The van der Waals surface area contributed by atoms with Crippen LogP contribution < -0.4 is 15.2 Å². The first-order chi connectivity index (χ1) is 15.7. The zero-order chi connectivity index (χ0) is 21.9. The van der Waals surface area contributed by atoms with Crippen molar-refractivity contribution < 1.29 is 19.0 Å². The molecule has 5 rings (SSSR count). The number of Topliss-reactive ketones (excluding diaryl/α,β-unsaturated/α-hetero) is 1. The summed E-state index contributed by atoms with van der Waals surface area (Å²) in [6, 6.07) is 17.8. The molecule has 0 saturated carbocycles. The largest absolute Gasteiger partial charge is 0.490 e. The first-order valence-corrected chi connectivity index (χ1v) is 10.9. The molecule has 0 unspecified atom stereocenters. The van der Waals surface area contributed by atoms with Gasteiger partial charge in [0.15, 0.2) is 6.61 Å². The van der Waals surface area contributed by atoms with E-state index < -0.39 is 0 Å². The molecule has 0 amide bonds. The smallest absolute Gasteiger partial charge is 0.202 e. The van der Waals surface area contributed by atoms with Crippen LogP contribution in [-0.2, 0) is 11.3 Å². The average Bonchev–Trinajstić information content (AvgIpc) is 3.26. The van der Waals surface area contributed by atoms with Crippen molar-refractivity contribution in [3.05, 3.63) is 71.9 Å². The summed E-state index contributed by atoms with van der Waals surface area (Å²) in [4.78, 5) is 16.1. The minimum absolute atomic E-state index is 0.0569. The second-order valence-corrected chi connectivity index (χ2v) is 8.06. The van der Waals surface area contributed by atoms with E-state index in [9.17, 15) is 4.79 Å². The molecule has 2 heterocycles. The number of carbonyl (C=O) groups excluding carboxylic acids is 1. The van der Waals surface area contributed by atoms with E-state index >= 15 is 0 Å². The van der Waals surface area contributed by atoms with Crippen LogP contribution in [0.5, 0.6) is 11.5 Å². The molecule has 0 aliphatic carbocycles. The number of nitrogens with one attached hydrogen (secondary N) is 1. The van der Waals surface area contributed by atoms with E-state index in [0.717, 1.165) is 59.0 Å². The Morgan fingerprint density at radius 1 is 1.06 bits per heavy atom. The predicted octanol–water partition coefficient (Wildman–Crippen LogP) is 4.60. The van der Waals surface area contributed by atoms with E-state index in [1.54, 1.807) is 6.20 Å². The van der Waals surface area contributed by atoms with E-state index in [1.807, 2.05) is 54.6 Å². The summed E-state index contributed by atoms with van der Waals surface area (Å²) in [6.45, 7) is 1.75. The Bertz CT molecular complexity index is 1260. The fourth-order valence-electron chi connectivity index (χ4n) is 4.18. The molecule has 3 N–H and O–H groups in total. The summed E-state index contributed by atoms with van der Waals surface area (Å²) in [5.41, 5.74) is 8.26. The Labute approximate surface area is 186 Å². The van der Waals surface area contributed by atoms with Gasteiger partial charge in [-0.25, -0.2) is 0 Å². The van der Waals surface area contributed by atoms with E-state index in [-0.39, 0.29) is 18.5 Å². The number of aromatic amines is 1. The van der Waals surface area contributed by atoms with Crippen LogP contribution in [0.3, 0.4) is 0 Å². The predicted molar refractivity (Wildman–Crippen MR) is 124 cm³/mol. The molecule has 0 radical (unpaired) electrons. The van der Waals surface area contributed by atoms with Crippen LogP contribution in [0, 0.1) is 0 Å². The normalized spacial score (nSPS) is 14.7. The van der Waals surface area contributed by atoms with Gasteiger partial charge in [-0.2, -0.15) is 0 Å². The number of hydrogen-bond acceptors (Lipinski definition) is 5. The molecule has 164 valence electrons. The standard InChI is InChI=1S/C26H26N2O4/c27-14-19-11-17-3-1-2-4-18(17)12-26(19)31-16-25(29)23-15-28-24-13-21(5-6-22(23)24)32-20-7-9-30-10-8-20/h1-6,11-13,15,20,28H,7-10,14,16,27H2. The summed E-state index contributed by atoms with van der Waals surface area (Å²) < 4.78 is 17.4. The molecule has 0 atom stereocenters. The number of ether oxygens (including phenoxy) is 3. The Morgan fingerprint density at radius 3 is 2.62 bits per heavy atom. The van der Waals surface area contributed by atoms with Crippen LogP contribution in [0.4, 0.5) is 0 Å². The number of benzene rings is 3. The molecule has 3 aromatic carbocycles. The van der Waals surface area contributed by atoms with Crippen LogP contribution in [0.1, 0.15) is 28.8 Å². The van der Waals surface area contributed by atoms with Gasteiger partial charge in [-0.05, 0) is 35.0 Å². The van der Waals surface area contributed by atoms with Crippen LogP contribution in [-0.4, -0.2) is 36.7 Å². The van der Waals surface area contributed by atoms with Crippen molar-refractivity contribution in [2.45, 2.75) is 25.5 Å². The molecule has 32 heavy (non-hydrogen) atoms. The van der Waals surface area contributed by atoms with Gasteiger partial charge in [0.2, 0.25) is 5.78 Å². The van der Waals surface area contributed by atoms with Crippen molar-refractivity contribution in [3.8, 4) is 11.5 Å². The Balaban J connectivity index is 1.31. The number of nitrogens with two attached hydrogens (primary N) is 1. The lowest BCUT2D eigenvalue weighted by Gasteiger charge is -2.23. The molecular formula is C26H26N2O4. The molecule has 1 saturated heterocycles. The minimum atomic E-state index is -0.0922. The Morgan fingerprint density at radius 2 is 1.84 bits per heavy atom. The van der Waals surface area contributed by atoms with E-state index in [2.05, 4.69) is 4.98 Å². The number of hydrogen-bond donors (Lipinski definition) is 2. The molecule has 0 spiro atoms. The maximum Gasteiger partial charge on any atom is 0.202 e. The third kappa shape index (κ3) is 4.20. The van der Waals surface area contributed by atoms with Crippen LogP contribution in [0.25, 0.3) is 21.7 Å². The number of ketones is 1. The highest BCUT2D eigenvalue weighted by Crippen LogP contribution is 2.28. The van der Waals surface area contributed by atoms with Gasteiger partial charge in [-0.15, -0.1) is 0 Å². The lowest BCUT2D eigenvalue weighted by atomic mass is 10.1. The number of aromatic nitrogens is 1. The zero-order valence-corrected chi connectivity index (χ0v) is 17.8. The third-order valence-corrected chi connectivity index (χ3v) is 5.93. The van der Waals surface area contributed by atoms with Crippen LogP contribution >= 0.6 is 0 Å². The minimum Gasteiger partial charge on any atom is -0.490 e. The maximum absolute atomic E-state index is 12.9. The van der Waals surface area contributed by atoms with Crippen molar-refractivity contribution in [2.75, 3.05) is 19.8 Å². The van der Waals surface area contributed by atoms with Gasteiger partial charge in [0, 0.05) is 53.7 Å². The molecule has 6 heteroatoms. The number of carbonyl (C=O) groups is 1. The van der Waals surface area contributed by atoms with Gasteiger partial charge in [-0.3, -0.25) is 4.79 Å². The van der Waals surface area contributed by atoms with Gasteiger partial charge in [-0.1, -0.05) is 24.3 Å². The first-order valence-electron chi connectivity index (χ1n) is 10.9. The maximum atomic E-state index is 12.9. The SMILES string of the molecule is NCc1cc2ccccc2cc1OCC(=O)c1c[nH]c2cc(OC3CCOCC3)ccc12. The number of rotatable bonds is 7. The second kappa shape index (κ2) is 9.02. The molecular weight excluding hydrogens is 404 g/mol. The van der Waals surface area contributed by atoms with Crippen molar-refractivity contribution in [3.63, 3.8) is 0 Å². The highest BCUT2D eigenvalue weighted by atomic mass is 16.5. The molecule has 1 aliphatic heterocycles. The highest BCUT2D eigenvalue weighted by molar-refractivity contribution is 6.08. The van der Waals surface area contributed by atoms with Gasteiger partial charge in [0.25, 0.3) is 0 Å². The van der Waals surface area contributed by atoms with Gasteiger partial charge in [0.1, 0.15) is 17.6 Å². The molecule has 4 aromatic rings. The molecule has 1 aliphatic rings. The molecule has 6 nitrogen and oxygen atoms in total. The average molecular weight is 431 g/mol. The van der Waals surface area contributed by atoms with E-state index in [1.165, 1.54) is 0 Å². The lowest BCUT2D eigenvalue weighted by Crippen LogP contribution is -2.25. The fraction of sp³-hybridized carbons (Fsp3) is 0.269. The Hall–Kier alpha value is -3.35. The van der Waals surface area contributed by atoms with E-state index in [4.69, 9.17) is 19.9 Å². The number of H-pyrrole nitrogens is 1. The third-order valence-electron chi connectivity index (χ3n) is 5.93. The van der Waals surface area contributed by atoms with Crippen molar-refractivity contribution in [1.82, 2.24) is 4.98 Å². The van der Waals surface area contributed by atoms with Crippen molar-refractivity contribution in [2.24, 2.45) is 5.73 Å². The molecule has 1 fully saturated rings. The summed E-state index contributed by atoms with van der Waals surface area (Å²) >= 11 is 0. The fourth-order valence-corrected chi connectivity index (χ4v) is 4.18. The summed E-state index contributed by atoms with van der Waals surface area (Å²) in [6.07, 6.45) is 3.69. The molecule has 0 bridgehead atoms. The van der Waals surface area contributed by atoms with Gasteiger partial charge < -0.3 is 24.9 Å². The van der Waals surface area contributed by atoms with Crippen LogP contribution in [0.2, 0.25) is 0 Å². The quantitative estimate of drug-likeness (QED) is 0.419. The van der Waals surface area contributed by atoms with Crippen molar-refractivity contribution in [1.29, 1.82) is 0 Å². The first kappa shape index (κ1) is 20.5. The van der Waals surface area contributed by atoms with Gasteiger partial charge in [0.05, 0.1) is 13.2 Å². The Kier molecular flexibility index (Phi) is 5.79. The zero-order valence-electron chi connectivity index (χ0n) is 17.8. The van der Waals surface area contributed by atoms with Crippen molar-refractivity contribution >= 4 is 27.5 Å². The topological polar surface area (TPSA) is 86.6 Å². The highest BCUT2D eigenvalue weighted by Gasteiger charge is 2.17. The summed E-state index contributed by atoms with van der Waals surface area (Å²) in [7, 11) is 0. The second-order valence-electron chi connectivity index (χ2n) is 8.06. The van der Waals surface area contributed by atoms with Crippen LogP contribution in [0.15, 0.2) is 60.8 Å². The molecule has 1 aromatic heterocycles. The summed E-state index contributed by atoms with van der Waals surface area (Å²) in [5.74, 6) is 1.35.